The van der Waals surface area contributed by atoms with Crippen LogP contribution >= 0.6 is 11.3 Å². The largest absolute Gasteiger partial charge is 0.771 e. The second kappa shape index (κ2) is 5.85. The van der Waals surface area contributed by atoms with Crippen molar-refractivity contribution in [3.63, 3.8) is 0 Å². The van der Waals surface area contributed by atoms with Gasteiger partial charge in [0, 0.05) is 0 Å². The summed E-state index contributed by atoms with van der Waals surface area (Å²) in [5.41, 5.74) is 1.99. The van der Waals surface area contributed by atoms with E-state index < -0.39 is 22.2 Å². The number of hydrogen-bond acceptors (Lipinski definition) is 5. The molecule has 0 fully saturated rings. The fourth-order valence-electron chi connectivity index (χ4n) is 1.44. The highest BCUT2D eigenvalue weighted by atomic mass is 32.2. The van der Waals surface area contributed by atoms with E-state index in [0.717, 1.165) is 0 Å². The van der Waals surface area contributed by atoms with Gasteiger partial charge in [-0.1, -0.05) is 30.3 Å². The van der Waals surface area contributed by atoms with Gasteiger partial charge in [0.05, 0.1) is 11.7 Å². The summed E-state index contributed by atoms with van der Waals surface area (Å²) in [5, 5.41) is 1.83. The van der Waals surface area contributed by atoms with Crippen LogP contribution in [0.15, 0.2) is 42.0 Å². The van der Waals surface area contributed by atoms with Crippen molar-refractivity contribution in [1.82, 2.24) is 4.98 Å². The molecule has 2 rings (SSSR count). The van der Waals surface area contributed by atoms with Crippen molar-refractivity contribution >= 4 is 33.3 Å². The molecule has 0 aliphatic rings. The number of amides is 1. The third-order valence-electron chi connectivity index (χ3n) is 2.21. The van der Waals surface area contributed by atoms with Gasteiger partial charge in [-0.3, -0.25) is 14.0 Å². The van der Waals surface area contributed by atoms with Crippen molar-refractivity contribution in [3.8, 4) is 0 Å². The van der Waals surface area contributed by atoms with E-state index in [9.17, 15) is 13.6 Å². The minimum Gasteiger partial charge on any atom is -0.771 e. The molecule has 1 N–H and O–H groups in total. The Balaban J connectivity index is 2.21. The summed E-state index contributed by atoms with van der Waals surface area (Å²) >= 11 is -1.29. The first kappa shape index (κ1) is 12.9. The van der Waals surface area contributed by atoms with Crippen LogP contribution in [0.2, 0.25) is 0 Å². The van der Waals surface area contributed by atoms with Crippen LogP contribution in [0.5, 0.6) is 0 Å². The van der Waals surface area contributed by atoms with Gasteiger partial charge in [-0.15, -0.1) is 11.3 Å². The number of carbonyl (C=O) groups excluding carboxylic acids is 1. The lowest BCUT2D eigenvalue weighted by Crippen LogP contribution is -2.24. The number of nitrogens with one attached hydrogen (secondary N) is 1. The van der Waals surface area contributed by atoms with Crippen LogP contribution in [0, 0.1) is 0 Å². The molecule has 94 valence electrons. The molecule has 1 heterocycles. The number of thiazole rings is 1. The summed E-state index contributed by atoms with van der Waals surface area (Å²) in [6, 6.07) is 8.35. The quantitative estimate of drug-likeness (QED) is 0.865. The summed E-state index contributed by atoms with van der Waals surface area (Å²) in [5.74, 6) is -0.584. The van der Waals surface area contributed by atoms with Gasteiger partial charge in [0.1, 0.15) is 10.3 Å². The van der Waals surface area contributed by atoms with E-state index in [1.807, 2.05) is 0 Å². The highest BCUT2D eigenvalue weighted by Crippen LogP contribution is 2.22. The third kappa shape index (κ3) is 3.00. The molecule has 0 bridgehead atoms. The summed E-state index contributed by atoms with van der Waals surface area (Å²) in [7, 11) is 0. The van der Waals surface area contributed by atoms with E-state index in [2.05, 4.69) is 10.3 Å². The van der Waals surface area contributed by atoms with Gasteiger partial charge < -0.3 is 9.87 Å². The zero-order chi connectivity index (χ0) is 13.0. The first-order valence-corrected chi connectivity index (χ1v) is 7.02. The Morgan fingerprint density at radius 2 is 2.11 bits per heavy atom. The number of aromatic nitrogens is 1. The van der Waals surface area contributed by atoms with Gasteiger partial charge in [0.15, 0.2) is 0 Å². The molecule has 5 nitrogen and oxygen atoms in total. The molecule has 1 aromatic carbocycles. The van der Waals surface area contributed by atoms with Crippen molar-refractivity contribution in [2.24, 2.45) is 0 Å². The highest BCUT2D eigenvalue weighted by molar-refractivity contribution is 7.80. The second-order valence-corrected chi connectivity index (χ2v) is 5.28. The van der Waals surface area contributed by atoms with E-state index in [1.165, 1.54) is 17.5 Å². The fourth-order valence-corrected chi connectivity index (χ4v) is 2.57. The number of benzene rings is 1. The lowest BCUT2D eigenvalue weighted by atomic mass is 10.1. The van der Waals surface area contributed by atoms with E-state index in [0.29, 0.717) is 10.6 Å². The Morgan fingerprint density at radius 3 is 2.67 bits per heavy atom. The molecule has 2 unspecified atom stereocenters. The number of carbonyl (C=O) groups is 1. The predicted molar refractivity (Wildman–Crippen MR) is 68.8 cm³/mol. The monoisotopic (exact) mass is 281 g/mol. The molecule has 0 radical (unpaired) electrons. The Labute approximate surface area is 110 Å². The summed E-state index contributed by atoms with van der Waals surface area (Å²) in [4.78, 5) is 15.7. The van der Waals surface area contributed by atoms with Crippen LogP contribution in [0.4, 0.5) is 5.00 Å². The van der Waals surface area contributed by atoms with Crippen LogP contribution in [0.25, 0.3) is 0 Å². The Bertz CT molecular complexity index is 543. The molecule has 0 spiro atoms. The highest BCUT2D eigenvalue weighted by Gasteiger charge is 2.21. The fraction of sp³-hybridized carbons (Fsp3) is 0.0909. The molecule has 1 amide bonds. The zero-order valence-corrected chi connectivity index (χ0v) is 10.7. The van der Waals surface area contributed by atoms with Crippen LogP contribution < -0.4 is 5.32 Å². The minimum absolute atomic E-state index is 0.438. The van der Waals surface area contributed by atoms with Gasteiger partial charge in [0.25, 0.3) is 0 Å². The molecular formula is C11H9N2O3S2-. The second-order valence-electron chi connectivity index (χ2n) is 3.41. The molecule has 0 saturated carbocycles. The first-order valence-electron chi connectivity index (χ1n) is 5.01. The van der Waals surface area contributed by atoms with Crippen molar-refractivity contribution in [2.75, 3.05) is 5.32 Å². The van der Waals surface area contributed by atoms with E-state index in [4.69, 9.17) is 0 Å². The molecule has 2 aromatic rings. The topological polar surface area (TPSA) is 82.1 Å². The number of anilines is 1. The molecule has 0 aliphatic carbocycles. The first-order chi connectivity index (χ1) is 8.68. The average molecular weight is 281 g/mol. The predicted octanol–water partition coefficient (Wildman–Crippen LogP) is 1.70. The third-order valence-corrected chi connectivity index (χ3v) is 3.77. The van der Waals surface area contributed by atoms with Crippen LogP contribution in [-0.4, -0.2) is 19.7 Å². The smallest absolute Gasteiger partial charge is 0.244 e. The maximum atomic E-state index is 11.9. The number of nitrogens with zero attached hydrogens (tertiary/aromatic N) is 1. The van der Waals surface area contributed by atoms with Gasteiger partial charge in [-0.25, -0.2) is 0 Å². The van der Waals surface area contributed by atoms with E-state index in [-0.39, 0.29) is 0 Å². The van der Waals surface area contributed by atoms with E-state index >= 15 is 0 Å². The molecule has 18 heavy (non-hydrogen) atoms. The van der Waals surface area contributed by atoms with E-state index in [1.54, 1.807) is 35.8 Å². The normalized spacial score (nSPS) is 13.8. The van der Waals surface area contributed by atoms with Crippen molar-refractivity contribution < 1.29 is 13.6 Å². The number of hydrogen-bond donors (Lipinski definition) is 1. The van der Waals surface area contributed by atoms with Crippen molar-refractivity contribution in [2.45, 2.75) is 5.25 Å². The lowest BCUT2D eigenvalue weighted by molar-refractivity contribution is -0.115. The SMILES string of the molecule is O=C(Nc1cncs1)C(c1ccccc1)S(=O)[O-]. The standard InChI is InChI=1S/C11H10N2O3S2/c14-11(13-9-6-12-7-17-9)10(18(15)16)8-4-2-1-3-5-8/h1-7,10H,(H,13,14)(H,15,16)/p-1. The van der Waals surface area contributed by atoms with Crippen LogP contribution in [0.3, 0.4) is 0 Å². The average Bonchev–Trinajstić information content (AvgIpc) is 2.83. The van der Waals surface area contributed by atoms with Crippen molar-refractivity contribution in [1.29, 1.82) is 0 Å². The van der Waals surface area contributed by atoms with Crippen molar-refractivity contribution in [3.05, 3.63) is 47.6 Å². The van der Waals surface area contributed by atoms with Gasteiger partial charge in [-0.2, -0.15) is 0 Å². The maximum Gasteiger partial charge on any atom is 0.244 e. The molecule has 1 aromatic heterocycles. The summed E-state index contributed by atoms with van der Waals surface area (Å²) in [6.45, 7) is 0. The molecule has 0 saturated heterocycles. The minimum atomic E-state index is -2.52. The van der Waals surface area contributed by atoms with Crippen LogP contribution in [-0.2, 0) is 15.9 Å². The molecule has 7 heteroatoms. The molecule has 2 atom stereocenters. The van der Waals surface area contributed by atoms with Crippen LogP contribution in [0.1, 0.15) is 10.8 Å². The number of rotatable bonds is 4. The maximum absolute atomic E-state index is 11.9. The molecule has 0 aliphatic heterocycles. The van der Waals surface area contributed by atoms with Gasteiger partial charge in [0.2, 0.25) is 5.91 Å². The van der Waals surface area contributed by atoms with Gasteiger partial charge >= 0.3 is 0 Å². The Kier molecular flexibility index (Phi) is 4.19. The summed E-state index contributed by atoms with van der Waals surface area (Å²) < 4.78 is 22.4. The molecular weight excluding hydrogens is 272 g/mol. The Hall–Kier alpha value is -1.57. The zero-order valence-electron chi connectivity index (χ0n) is 9.11. The van der Waals surface area contributed by atoms with Gasteiger partial charge in [-0.05, 0) is 16.6 Å². The lowest BCUT2D eigenvalue weighted by Gasteiger charge is -2.18. The summed E-state index contributed by atoms with van der Waals surface area (Å²) in [6.07, 6.45) is 1.47. The Morgan fingerprint density at radius 1 is 1.39 bits per heavy atom.